The number of nitrogens with one attached hydrogen (secondary N) is 1. The summed E-state index contributed by atoms with van der Waals surface area (Å²) in [4.78, 5) is 12.8. The van der Waals surface area contributed by atoms with Crippen LogP contribution in [0.5, 0.6) is 0 Å². The fraction of sp³-hybridized carbons (Fsp3) is 0.971. The lowest BCUT2D eigenvalue weighted by Crippen LogP contribution is -2.60. The largest absolute Gasteiger partial charge is 0.394 e. The average molecular weight is 648 g/mol. The van der Waals surface area contributed by atoms with Crippen LogP contribution in [0.4, 0.5) is 0 Å². The Morgan fingerprint density at radius 1 is 0.689 bits per heavy atom. The summed E-state index contributed by atoms with van der Waals surface area (Å²) in [5.74, 6) is -0.261. The third kappa shape index (κ3) is 18.9. The first kappa shape index (κ1) is 42.2. The van der Waals surface area contributed by atoms with Crippen molar-refractivity contribution >= 4 is 5.91 Å². The number of aliphatic hydroxyl groups excluding tert-OH is 6. The van der Waals surface area contributed by atoms with Crippen LogP contribution in [0.1, 0.15) is 155 Å². The number of aliphatic hydroxyl groups is 6. The summed E-state index contributed by atoms with van der Waals surface area (Å²) in [6.07, 6.45) is 14.1. The van der Waals surface area contributed by atoms with Crippen molar-refractivity contribution in [3.8, 4) is 0 Å². The van der Waals surface area contributed by atoms with Gasteiger partial charge in [0, 0.05) is 6.42 Å². The number of unbranched alkanes of at least 4 members (excludes halogenated alkanes) is 18. The number of hydrogen-bond acceptors (Lipinski definition) is 9. The molecule has 8 atom stereocenters. The molecule has 0 aliphatic carbocycles. The molecule has 1 rings (SSSR count). The van der Waals surface area contributed by atoms with Gasteiger partial charge in [0.05, 0.1) is 25.4 Å². The second-order valence-electron chi connectivity index (χ2n) is 13.2. The highest BCUT2D eigenvalue weighted by atomic mass is 16.7. The van der Waals surface area contributed by atoms with Crippen LogP contribution in [0.25, 0.3) is 0 Å². The zero-order valence-electron chi connectivity index (χ0n) is 28.5. The van der Waals surface area contributed by atoms with Crippen LogP contribution < -0.4 is 5.32 Å². The van der Waals surface area contributed by atoms with Crippen molar-refractivity contribution in [3.63, 3.8) is 0 Å². The van der Waals surface area contributed by atoms with E-state index in [1.807, 2.05) is 0 Å². The molecule has 1 fully saturated rings. The summed E-state index contributed by atoms with van der Waals surface area (Å²) in [6, 6.07) is -0.980. The molecule has 0 aromatic carbocycles. The van der Waals surface area contributed by atoms with Gasteiger partial charge in [0.15, 0.2) is 6.29 Å². The third-order valence-electron chi connectivity index (χ3n) is 9.05. The Morgan fingerprint density at radius 3 is 1.64 bits per heavy atom. The SMILES string of the molecule is CCCCCCCCCCCCCC(=O)N[C@@H](CO[C@H]1O[C@H](CO)[C@H](O)[C@H](O)[C@H]1O)[C@H](O)[C@H](O)CCCCCCCCCCC. The topological polar surface area (TPSA) is 169 Å². The fourth-order valence-electron chi connectivity index (χ4n) is 5.96. The number of carbonyl (C=O) groups is 1. The zero-order chi connectivity index (χ0) is 33.3. The number of carbonyl (C=O) groups excluding carboxylic acids is 1. The Hall–Kier alpha value is -0.850. The normalized spacial score (nSPS) is 24.0. The summed E-state index contributed by atoms with van der Waals surface area (Å²) >= 11 is 0. The Labute approximate surface area is 273 Å². The van der Waals surface area contributed by atoms with Crippen LogP contribution in [0.2, 0.25) is 0 Å². The van der Waals surface area contributed by atoms with Crippen molar-refractivity contribution in [2.45, 2.75) is 204 Å². The highest BCUT2D eigenvalue weighted by Crippen LogP contribution is 2.23. The average Bonchev–Trinajstić information content (AvgIpc) is 3.04. The van der Waals surface area contributed by atoms with E-state index in [9.17, 15) is 35.4 Å². The van der Waals surface area contributed by atoms with Crippen LogP contribution in [-0.4, -0.2) is 98.7 Å². The van der Waals surface area contributed by atoms with Crippen LogP contribution in [0.3, 0.4) is 0 Å². The molecule has 0 aromatic heterocycles. The minimum Gasteiger partial charge on any atom is -0.394 e. The quantitative estimate of drug-likeness (QED) is 0.0572. The van der Waals surface area contributed by atoms with Crippen LogP contribution >= 0.6 is 0 Å². The van der Waals surface area contributed by atoms with Gasteiger partial charge in [-0.3, -0.25) is 4.79 Å². The molecule has 1 aliphatic rings. The Balaban J connectivity index is 2.53. The molecule has 0 unspecified atom stereocenters. The summed E-state index contributed by atoms with van der Waals surface area (Å²) in [5.41, 5.74) is 0. The van der Waals surface area contributed by atoms with Gasteiger partial charge in [-0.15, -0.1) is 0 Å². The summed E-state index contributed by atoms with van der Waals surface area (Å²) in [7, 11) is 0. The minimum atomic E-state index is -1.60. The second-order valence-corrected chi connectivity index (χ2v) is 13.2. The van der Waals surface area contributed by atoms with E-state index >= 15 is 0 Å². The molecule has 1 aliphatic heterocycles. The van der Waals surface area contributed by atoms with Crippen LogP contribution in [0.15, 0.2) is 0 Å². The summed E-state index contributed by atoms with van der Waals surface area (Å²) in [5, 5.41) is 64.5. The van der Waals surface area contributed by atoms with Gasteiger partial charge < -0.3 is 45.4 Å². The van der Waals surface area contributed by atoms with Crippen molar-refractivity contribution in [2.75, 3.05) is 13.2 Å². The van der Waals surface area contributed by atoms with Gasteiger partial charge in [0.25, 0.3) is 0 Å². The lowest BCUT2D eigenvalue weighted by Gasteiger charge is -2.40. The van der Waals surface area contributed by atoms with Crippen LogP contribution in [-0.2, 0) is 14.3 Å². The molecule has 268 valence electrons. The van der Waals surface area contributed by atoms with E-state index in [1.54, 1.807) is 0 Å². The monoisotopic (exact) mass is 647 g/mol. The number of rotatable bonds is 29. The molecule has 0 radical (unpaired) electrons. The first-order valence-electron chi connectivity index (χ1n) is 18.3. The maximum atomic E-state index is 12.8. The van der Waals surface area contributed by atoms with Gasteiger partial charge in [-0.05, 0) is 12.8 Å². The van der Waals surface area contributed by atoms with Gasteiger partial charge >= 0.3 is 0 Å². The summed E-state index contributed by atoms with van der Waals surface area (Å²) in [6.45, 7) is 3.53. The predicted octanol–water partition coefficient (Wildman–Crippen LogP) is 4.63. The van der Waals surface area contributed by atoms with Gasteiger partial charge in [0.2, 0.25) is 5.91 Å². The lowest BCUT2D eigenvalue weighted by molar-refractivity contribution is -0.303. The number of hydrogen-bond donors (Lipinski definition) is 7. The molecule has 45 heavy (non-hydrogen) atoms. The van der Waals surface area contributed by atoms with Gasteiger partial charge in [-0.25, -0.2) is 0 Å². The predicted molar refractivity (Wildman–Crippen MR) is 177 cm³/mol. The minimum absolute atomic E-state index is 0.261. The Morgan fingerprint density at radius 2 is 1.16 bits per heavy atom. The van der Waals surface area contributed by atoms with E-state index in [-0.39, 0.29) is 18.9 Å². The smallest absolute Gasteiger partial charge is 0.220 e. The van der Waals surface area contributed by atoms with E-state index in [0.29, 0.717) is 6.42 Å². The van der Waals surface area contributed by atoms with Gasteiger partial charge in [-0.2, -0.15) is 0 Å². The molecule has 0 spiro atoms. The van der Waals surface area contributed by atoms with E-state index < -0.39 is 55.6 Å². The Kier molecular flexibility index (Phi) is 25.4. The molecule has 0 saturated carbocycles. The second kappa shape index (κ2) is 27.1. The summed E-state index contributed by atoms with van der Waals surface area (Å²) < 4.78 is 11.1. The zero-order valence-corrected chi connectivity index (χ0v) is 28.5. The van der Waals surface area contributed by atoms with Crippen molar-refractivity contribution < 1.29 is 44.9 Å². The fourth-order valence-corrected chi connectivity index (χ4v) is 5.96. The number of ether oxygens (including phenoxy) is 2. The van der Waals surface area contributed by atoms with Crippen molar-refractivity contribution in [3.05, 3.63) is 0 Å². The molecule has 10 nitrogen and oxygen atoms in total. The highest BCUT2D eigenvalue weighted by Gasteiger charge is 2.44. The maximum Gasteiger partial charge on any atom is 0.220 e. The third-order valence-corrected chi connectivity index (χ3v) is 9.05. The molecule has 0 aromatic rings. The standard InChI is InChI=1S/C35H69NO9/c1-3-5-7-9-11-13-14-16-18-20-22-24-30(39)36-27(26-44-35-34(43)33(42)32(41)29(25-37)45-35)31(40)28(38)23-21-19-17-15-12-10-8-6-4-2/h27-29,31-35,37-38,40-43H,3-26H2,1-2H3,(H,36,39)/t27-,28+,29+,31-,32-,33-,34+,35-/m0/s1. The number of amides is 1. The van der Waals surface area contributed by atoms with E-state index in [2.05, 4.69) is 19.2 Å². The van der Waals surface area contributed by atoms with Gasteiger partial charge in [-0.1, -0.05) is 136 Å². The molecule has 7 N–H and O–H groups in total. The molecule has 10 heteroatoms. The van der Waals surface area contributed by atoms with Crippen molar-refractivity contribution in [2.24, 2.45) is 0 Å². The van der Waals surface area contributed by atoms with E-state index in [0.717, 1.165) is 51.4 Å². The lowest BCUT2D eigenvalue weighted by atomic mass is 9.98. The van der Waals surface area contributed by atoms with Gasteiger partial charge in [0.1, 0.15) is 30.5 Å². The molecule has 0 bridgehead atoms. The Bertz CT molecular complexity index is 698. The van der Waals surface area contributed by atoms with Crippen molar-refractivity contribution in [1.29, 1.82) is 0 Å². The first-order valence-corrected chi connectivity index (χ1v) is 18.3. The highest BCUT2D eigenvalue weighted by molar-refractivity contribution is 5.76. The molecular weight excluding hydrogens is 578 g/mol. The molecule has 1 heterocycles. The molecule has 1 saturated heterocycles. The van der Waals surface area contributed by atoms with Crippen molar-refractivity contribution in [1.82, 2.24) is 5.32 Å². The molecule has 1 amide bonds. The van der Waals surface area contributed by atoms with E-state index in [4.69, 9.17) is 9.47 Å². The van der Waals surface area contributed by atoms with E-state index in [1.165, 1.54) is 77.0 Å². The van der Waals surface area contributed by atoms with Crippen LogP contribution in [0, 0.1) is 0 Å². The molecular formula is C35H69NO9. The maximum absolute atomic E-state index is 12.8. The first-order chi connectivity index (χ1) is 21.8.